The van der Waals surface area contributed by atoms with Crippen LogP contribution in [0.25, 0.3) is 60.4 Å². The van der Waals surface area contributed by atoms with E-state index >= 15 is 8.78 Å². The van der Waals surface area contributed by atoms with E-state index in [0.29, 0.717) is 34.4 Å². The molecular weight excluding hydrogens is 1140 g/mol. The molecule has 2 aliphatic rings. The minimum atomic E-state index is -1.90. The van der Waals surface area contributed by atoms with E-state index in [2.05, 4.69) is 272 Å². The van der Waals surface area contributed by atoms with E-state index in [1.54, 1.807) is 6.07 Å². The van der Waals surface area contributed by atoms with Gasteiger partial charge in [-0.15, -0.1) is 0 Å². The number of rotatable bonds is 14. The zero-order valence-corrected chi connectivity index (χ0v) is 59.9. The summed E-state index contributed by atoms with van der Waals surface area (Å²) in [5, 5.41) is 31.0. The third-order valence-electron chi connectivity index (χ3n) is 19.5. The molecule has 0 bridgehead atoms. The van der Waals surface area contributed by atoms with Crippen LogP contribution in [-0.4, -0.2) is 44.5 Å². The lowest BCUT2D eigenvalue weighted by Gasteiger charge is -2.44. The first-order valence-corrected chi connectivity index (χ1v) is 33.6. The number of allylic oxidation sites excluding steroid dienone is 4. The second kappa shape index (κ2) is 23.4. The van der Waals surface area contributed by atoms with Crippen molar-refractivity contribution in [3.05, 3.63) is 190 Å². The fourth-order valence-electron chi connectivity index (χ4n) is 15.1. The highest BCUT2D eigenvalue weighted by Crippen LogP contribution is 2.52. The van der Waals surface area contributed by atoms with Gasteiger partial charge >= 0.3 is 0 Å². The van der Waals surface area contributed by atoms with Gasteiger partial charge in [-0.25, -0.2) is 8.78 Å². The molecule has 2 aromatic heterocycles. The summed E-state index contributed by atoms with van der Waals surface area (Å²) in [7, 11) is 0. The predicted molar refractivity (Wildman–Crippen MR) is 385 cm³/mol. The molecule has 3 unspecified atom stereocenters. The minimum Gasteiger partial charge on any atom is -0.493 e. The largest absolute Gasteiger partial charge is 0.493 e. The van der Waals surface area contributed by atoms with Gasteiger partial charge in [0.1, 0.15) is 23.5 Å². The maximum atomic E-state index is 16.1. The second-order valence-corrected chi connectivity index (χ2v) is 35.3. The van der Waals surface area contributed by atoms with Gasteiger partial charge in [0.05, 0.1) is 40.8 Å². The van der Waals surface area contributed by atoms with Crippen LogP contribution in [0.15, 0.2) is 145 Å². The van der Waals surface area contributed by atoms with Crippen LogP contribution in [0, 0.1) is 22.1 Å². The molecular formula is C84H106F2N2O4. The van der Waals surface area contributed by atoms with E-state index in [1.165, 1.54) is 46.5 Å². The molecule has 0 radical (unpaired) electrons. The Hall–Kier alpha value is -6.58. The number of halogens is 2. The fraction of sp³-hybridized carbons (Fsp3) is 0.476. The first-order valence-electron chi connectivity index (χ1n) is 33.6. The summed E-state index contributed by atoms with van der Waals surface area (Å²) >= 11 is 0. The number of fused-ring (bicyclic) bond motifs is 6. The maximum Gasteiger partial charge on any atom is 0.196 e. The summed E-state index contributed by atoms with van der Waals surface area (Å²) in [5.74, 6) is -2.38. The summed E-state index contributed by atoms with van der Waals surface area (Å²) in [6.07, 6.45) is 7.94. The average Bonchev–Trinajstić information content (AvgIpc) is 1.49. The molecule has 10 rings (SSSR count). The lowest BCUT2D eigenvalue weighted by atomic mass is 9.67. The zero-order chi connectivity index (χ0) is 67.6. The van der Waals surface area contributed by atoms with Crippen molar-refractivity contribution in [2.45, 2.75) is 229 Å². The molecule has 3 atom stereocenters. The Morgan fingerprint density at radius 2 is 0.989 bits per heavy atom. The van der Waals surface area contributed by atoms with Gasteiger partial charge in [0.15, 0.2) is 5.79 Å². The molecule has 0 saturated heterocycles. The number of ether oxygens (including phenoxy) is 2. The molecule has 92 heavy (non-hydrogen) atoms. The molecule has 8 heteroatoms. The molecule has 8 aromatic rings. The molecule has 0 saturated carbocycles. The molecule has 2 heterocycles. The first kappa shape index (κ1) is 68.3. The molecule has 0 aliphatic heterocycles. The van der Waals surface area contributed by atoms with E-state index in [0.717, 1.165) is 73.3 Å². The number of hydrogen-bond donors (Lipinski definition) is 2. The van der Waals surface area contributed by atoms with Crippen LogP contribution in [0.5, 0.6) is 5.75 Å². The minimum absolute atomic E-state index is 0.0209. The highest BCUT2D eigenvalue weighted by Gasteiger charge is 2.45. The first-order chi connectivity index (χ1) is 42.3. The van der Waals surface area contributed by atoms with Gasteiger partial charge < -0.3 is 28.8 Å². The third-order valence-corrected chi connectivity index (χ3v) is 19.5. The molecule has 0 fully saturated rings. The van der Waals surface area contributed by atoms with Gasteiger partial charge in [-0.3, -0.25) is 0 Å². The SMILES string of the molecule is CC(C)(C)CC(C)(C)C1=CC(C)(n2c3cc(C(C)(C)C)ccc3c3ccc(C(C)(C)C)cc32)C(O)C(c2cc(F)ccc2OCCCOC2(O)CC=C(F)C=C2c2cc(-n3c4cc(C(C)(C)C)ccc4c4ccc(C(C)(C)C)cc43)cc(C(C)(C)CC(C)(C)C)c2)=C1. The Balaban J connectivity index is 1.02. The molecule has 2 aliphatic carbocycles. The number of hydrogen-bond acceptors (Lipinski definition) is 4. The van der Waals surface area contributed by atoms with Gasteiger partial charge in [0.25, 0.3) is 0 Å². The van der Waals surface area contributed by atoms with Gasteiger partial charge in [-0.2, -0.15) is 0 Å². The monoisotopic (exact) mass is 1240 g/mol. The molecule has 6 nitrogen and oxygen atoms in total. The van der Waals surface area contributed by atoms with Crippen LogP contribution in [0.2, 0.25) is 0 Å². The second-order valence-electron chi connectivity index (χ2n) is 35.3. The van der Waals surface area contributed by atoms with Crippen LogP contribution < -0.4 is 4.74 Å². The topological polar surface area (TPSA) is 68.8 Å². The van der Waals surface area contributed by atoms with Crippen molar-refractivity contribution in [1.29, 1.82) is 0 Å². The van der Waals surface area contributed by atoms with Crippen LogP contribution >= 0.6 is 0 Å². The lowest BCUT2D eigenvalue weighted by molar-refractivity contribution is -0.157. The molecule has 2 N–H and O–H groups in total. The summed E-state index contributed by atoms with van der Waals surface area (Å²) in [6, 6.07) is 38.2. The predicted octanol–water partition coefficient (Wildman–Crippen LogP) is 22.3. The van der Waals surface area contributed by atoms with Crippen LogP contribution in [0.3, 0.4) is 0 Å². The quantitative estimate of drug-likeness (QED) is 0.0841. The summed E-state index contributed by atoms with van der Waals surface area (Å²) in [4.78, 5) is 0. The highest BCUT2D eigenvalue weighted by molar-refractivity contribution is 6.10. The van der Waals surface area contributed by atoms with Crippen LogP contribution in [0.4, 0.5) is 8.78 Å². The zero-order valence-electron chi connectivity index (χ0n) is 59.9. The number of benzene rings is 6. The number of aromatic nitrogens is 2. The van der Waals surface area contributed by atoms with E-state index in [-0.39, 0.29) is 63.0 Å². The normalized spacial score (nSPS) is 19.3. The molecule has 490 valence electrons. The van der Waals surface area contributed by atoms with Crippen molar-refractivity contribution >= 4 is 54.8 Å². The maximum absolute atomic E-state index is 16.1. The van der Waals surface area contributed by atoms with Crippen molar-refractivity contribution in [3.8, 4) is 11.4 Å². The highest BCUT2D eigenvalue weighted by atomic mass is 19.1. The van der Waals surface area contributed by atoms with Crippen molar-refractivity contribution in [1.82, 2.24) is 9.13 Å². The third kappa shape index (κ3) is 13.6. The molecule has 6 aromatic carbocycles. The van der Waals surface area contributed by atoms with Crippen molar-refractivity contribution in [2.75, 3.05) is 13.2 Å². The van der Waals surface area contributed by atoms with Crippen LogP contribution in [-0.2, 0) is 37.4 Å². The molecule has 0 amide bonds. The van der Waals surface area contributed by atoms with E-state index in [9.17, 15) is 10.2 Å². The van der Waals surface area contributed by atoms with Gasteiger partial charge in [0.2, 0.25) is 0 Å². The summed E-state index contributed by atoms with van der Waals surface area (Å²) < 4.78 is 50.3. The van der Waals surface area contributed by atoms with E-state index in [4.69, 9.17) is 9.47 Å². The van der Waals surface area contributed by atoms with Crippen LogP contribution in [0.1, 0.15) is 224 Å². The summed E-state index contributed by atoms with van der Waals surface area (Å²) in [5.41, 5.74) is 11.6. The van der Waals surface area contributed by atoms with Crippen molar-refractivity contribution < 1.29 is 28.5 Å². The Labute approximate surface area is 549 Å². The van der Waals surface area contributed by atoms with Crippen molar-refractivity contribution in [2.24, 2.45) is 16.2 Å². The van der Waals surface area contributed by atoms with Crippen molar-refractivity contribution in [3.63, 3.8) is 0 Å². The average molecular weight is 1250 g/mol. The fourth-order valence-corrected chi connectivity index (χ4v) is 15.1. The number of aliphatic hydroxyl groups is 2. The lowest BCUT2D eigenvalue weighted by Crippen LogP contribution is -2.44. The Kier molecular flexibility index (Phi) is 17.4. The number of nitrogens with zero attached hydrogens (tertiary/aromatic N) is 2. The standard InChI is InChI=1S/C84H106F2N2O4/c1-75(2,3)50-81(19,20)57-39-52(40-61(41-57)87-69-43-53(77(7,8)9)25-30-62(69)63-31-26-54(44-70(63)87)78(10,11)12)68-48-60(86)35-36-84(68,90)92-38-24-37-91-73-34-29-59(85)47-66(73)67-42-58(82(21,22)51-76(4,5)6)49-83(23,74(67)89)88-71-45-55(79(13,14)15)27-32-64(71)65-33-28-56(46-72(65)88)80(16,17)18/h25-35,39-49,74,89-90H,24,36-38,50-51H2,1-23H3. The Bertz CT molecular complexity index is 4160. The van der Waals surface area contributed by atoms with Gasteiger partial charge in [-0.1, -0.05) is 219 Å². The Morgan fingerprint density at radius 3 is 1.47 bits per heavy atom. The number of aliphatic hydroxyl groups excluding tert-OH is 1. The van der Waals surface area contributed by atoms with E-state index in [1.807, 2.05) is 0 Å². The van der Waals surface area contributed by atoms with Gasteiger partial charge in [0, 0.05) is 51.2 Å². The smallest absolute Gasteiger partial charge is 0.196 e. The van der Waals surface area contributed by atoms with Gasteiger partial charge in [-0.05, 0) is 174 Å². The summed E-state index contributed by atoms with van der Waals surface area (Å²) in [6.45, 7) is 51.8. The Morgan fingerprint density at radius 1 is 0.522 bits per heavy atom. The van der Waals surface area contributed by atoms with E-state index < -0.39 is 29.1 Å². The molecule has 0 spiro atoms.